The quantitative estimate of drug-likeness (QED) is 0.679. The highest BCUT2D eigenvalue weighted by atomic mass is 16.5. The van der Waals surface area contributed by atoms with E-state index in [2.05, 4.69) is 10.3 Å². The zero-order valence-electron chi connectivity index (χ0n) is 12.4. The summed E-state index contributed by atoms with van der Waals surface area (Å²) in [6, 6.07) is 8.88. The smallest absolute Gasteiger partial charge is 0.119 e. The summed E-state index contributed by atoms with van der Waals surface area (Å²) in [5.41, 5.74) is 0.590. The van der Waals surface area contributed by atoms with Gasteiger partial charge in [-0.2, -0.15) is 5.26 Å². The van der Waals surface area contributed by atoms with Crippen LogP contribution in [0.3, 0.4) is 0 Å². The summed E-state index contributed by atoms with van der Waals surface area (Å²) in [4.78, 5) is 3.98. The topological polar surface area (TPSA) is 83.1 Å². The maximum atomic E-state index is 9.84. The zero-order chi connectivity index (χ0) is 15.6. The van der Waals surface area contributed by atoms with E-state index >= 15 is 0 Å². The predicted molar refractivity (Wildman–Crippen MR) is 82.4 cm³/mol. The van der Waals surface area contributed by atoms with Gasteiger partial charge in [0.1, 0.15) is 18.5 Å². The first kappa shape index (κ1) is 16.0. The molecule has 1 atom stereocenters. The fourth-order valence-corrected chi connectivity index (χ4v) is 1.95. The number of aryl methyl sites for hydroxylation is 1. The number of imidazole rings is 1. The second kappa shape index (κ2) is 8.82. The molecule has 0 aliphatic rings. The van der Waals surface area contributed by atoms with Gasteiger partial charge in [0.2, 0.25) is 0 Å². The molecule has 116 valence electrons. The Hall–Kier alpha value is -2.36. The molecule has 0 fully saturated rings. The Kier molecular flexibility index (Phi) is 6.42. The van der Waals surface area contributed by atoms with Gasteiger partial charge in [0.05, 0.1) is 18.0 Å². The lowest BCUT2D eigenvalue weighted by atomic mass is 10.2. The number of aliphatic hydroxyl groups excluding tert-OH is 1. The summed E-state index contributed by atoms with van der Waals surface area (Å²) in [5, 5.41) is 21.7. The van der Waals surface area contributed by atoms with Gasteiger partial charge in [-0.15, -0.1) is 0 Å². The highest BCUT2D eigenvalue weighted by molar-refractivity contribution is 5.34. The Bertz CT molecular complexity index is 575. The summed E-state index contributed by atoms with van der Waals surface area (Å²) in [5.74, 6) is 0.651. The van der Waals surface area contributed by atoms with Gasteiger partial charge in [0, 0.05) is 25.5 Å². The maximum absolute atomic E-state index is 9.84. The number of nitriles is 1. The molecule has 0 unspecified atom stereocenters. The molecule has 2 rings (SSSR count). The van der Waals surface area contributed by atoms with Crippen LogP contribution in [0.5, 0.6) is 5.75 Å². The second-order valence-electron chi connectivity index (χ2n) is 4.96. The summed E-state index contributed by atoms with van der Waals surface area (Å²) < 4.78 is 7.49. The third-order valence-corrected chi connectivity index (χ3v) is 3.13. The van der Waals surface area contributed by atoms with E-state index in [0.717, 1.165) is 19.5 Å². The average molecular weight is 300 g/mol. The molecule has 1 aromatic carbocycles. The first-order chi connectivity index (χ1) is 10.8. The number of hydrogen-bond acceptors (Lipinski definition) is 5. The van der Waals surface area contributed by atoms with Crippen LogP contribution >= 0.6 is 0 Å². The van der Waals surface area contributed by atoms with E-state index in [1.807, 2.05) is 16.8 Å². The van der Waals surface area contributed by atoms with E-state index in [9.17, 15) is 5.11 Å². The molecule has 6 nitrogen and oxygen atoms in total. The molecular formula is C16H20N4O2. The molecule has 0 spiro atoms. The molecule has 2 aromatic rings. The molecule has 0 radical (unpaired) electrons. The number of aromatic nitrogens is 2. The van der Waals surface area contributed by atoms with Crippen LogP contribution in [0.4, 0.5) is 0 Å². The third kappa shape index (κ3) is 5.56. The summed E-state index contributed by atoms with van der Waals surface area (Å²) in [6.07, 6.45) is 5.89. The zero-order valence-corrected chi connectivity index (χ0v) is 12.4. The lowest BCUT2D eigenvalue weighted by molar-refractivity contribution is 0.106. The summed E-state index contributed by atoms with van der Waals surface area (Å²) in [7, 11) is 0. The number of benzene rings is 1. The van der Waals surface area contributed by atoms with Crippen LogP contribution in [0.15, 0.2) is 43.0 Å². The minimum atomic E-state index is -0.566. The maximum Gasteiger partial charge on any atom is 0.119 e. The van der Waals surface area contributed by atoms with Crippen molar-refractivity contribution in [2.75, 3.05) is 19.7 Å². The highest BCUT2D eigenvalue weighted by Crippen LogP contribution is 2.11. The van der Waals surface area contributed by atoms with Crippen molar-refractivity contribution < 1.29 is 9.84 Å². The molecule has 2 N–H and O–H groups in total. The van der Waals surface area contributed by atoms with Crippen LogP contribution in [0.2, 0.25) is 0 Å². The highest BCUT2D eigenvalue weighted by Gasteiger charge is 2.04. The molecule has 0 aliphatic carbocycles. The number of ether oxygens (including phenoxy) is 1. The average Bonchev–Trinajstić information content (AvgIpc) is 3.06. The number of nitrogens with zero attached hydrogens (tertiary/aromatic N) is 3. The van der Waals surface area contributed by atoms with Gasteiger partial charge in [0.25, 0.3) is 0 Å². The van der Waals surface area contributed by atoms with Crippen LogP contribution in [0, 0.1) is 11.3 Å². The number of rotatable bonds is 9. The fourth-order valence-electron chi connectivity index (χ4n) is 1.95. The lowest BCUT2D eigenvalue weighted by Crippen LogP contribution is -2.32. The molecule has 0 amide bonds. The van der Waals surface area contributed by atoms with Crippen molar-refractivity contribution in [2.45, 2.75) is 19.1 Å². The van der Waals surface area contributed by atoms with Crippen molar-refractivity contribution in [3.63, 3.8) is 0 Å². The van der Waals surface area contributed by atoms with Crippen LogP contribution in [-0.4, -0.2) is 40.5 Å². The predicted octanol–water partition coefficient (Wildman–Crippen LogP) is 1.17. The van der Waals surface area contributed by atoms with Crippen molar-refractivity contribution in [3.05, 3.63) is 48.5 Å². The first-order valence-corrected chi connectivity index (χ1v) is 7.25. The van der Waals surface area contributed by atoms with Crippen molar-refractivity contribution in [2.24, 2.45) is 0 Å². The van der Waals surface area contributed by atoms with Gasteiger partial charge in [-0.05, 0) is 37.2 Å². The SMILES string of the molecule is N#Cc1ccc(OC[C@@H](O)CNCCCn2ccnc2)cc1. The van der Waals surface area contributed by atoms with Gasteiger partial charge >= 0.3 is 0 Å². The number of hydrogen-bond donors (Lipinski definition) is 2. The molecule has 22 heavy (non-hydrogen) atoms. The van der Waals surface area contributed by atoms with Crippen molar-refractivity contribution in [1.82, 2.24) is 14.9 Å². The van der Waals surface area contributed by atoms with Gasteiger partial charge in [-0.25, -0.2) is 4.98 Å². The lowest BCUT2D eigenvalue weighted by Gasteiger charge is -2.13. The summed E-state index contributed by atoms with van der Waals surface area (Å²) in [6.45, 7) is 2.44. The fraction of sp³-hybridized carbons (Fsp3) is 0.375. The monoisotopic (exact) mass is 300 g/mol. The van der Waals surface area contributed by atoms with Crippen LogP contribution in [0.1, 0.15) is 12.0 Å². The van der Waals surface area contributed by atoms with Gasteiger partial charge in [0.15, 0.2) is 0 Å². The Morgan fingerprint density at radius 1 is 1.36 bits per heavy atom. The second-order valence-corrected chi connectivity index (χ2v) is 4.96. The summed E-state index contributed by atoms with van der Waals surface area (Å²) >= 11 is 0. The largest absolute Gasteiger partial charge is 0.491 e. The van der Waals surface area contributed by atoms with E-state index in [4.69, 9.17) is 10.00 Å². The molecular weight excluding hydrogens is 280 g/mol. The van der Waals surface area contributed by atoms with Crippen LogP contribution in [0.25, 0.3) is 0 Å². The van der Waals surface area contributed by atoms with Crippen molar-refractivity contribution in [3.8, 4) is 11.8 Å². The van der Waals surface area contributed by atoms with E-state index < -0.39 is 6.10 Å². The van der Waals surface area contributed by atoms with E-state index in [1.165, 1.54) is 0 Å². The minimum Gasteiger partial charge on any atom is -0.491 e. The van der Waals surface area contributed by atoms with E-state index in [0.29, 0.717) is 17.9 Å². The molecule has 6 heteroatoms. The van der Waals surface area contributed by atoms with Gasteiger partial charge in [-0.3, -0.25) is 0 Å². The molecule has 0 bridgehead atoms. The van der Waals surface area contributed by atoms with E-state index in [1.54, 1.807) is 36.8 Å². The van der Waals surface area contributed by atoms with E-state index in [-0.39, 0.29) is 6.61 Å². The molecule has 1 aromatic heterocycles. The molecule has 1 heterocycles. The van der Waals surface area contributed by atoms with Gasteiger partial charge < -0.3 is 19.7 Å². The molecule has 0 aliphatic heterocycles. The Morgan fingerprint density at radius 3 is 2.86 bits per heavy atom. The number of nitrogens with one attached hydrogen (secondary N) is 1. The molecule has 0 saturated heterocycles. The Morgan fingerprint density at radius 2 is 2.18 bits per heavy atom. The van der Waals surface area contributed by atoms with Crippen LogP contribution < -0.4 is 10.1 Å². The number of aliphatic hydroxyl groups is 1. The first-order valence-electron chi connectivity index (χ1n) is 7.25. The van der Waals surface area contributed by atoms with Crippen molar-refractivity contribution >= 4 is 0 Å². The third-order valence-electron chi connectivity index (χ3n) is 3.13. The minimum absolute atomic E-state index is 0.223. The normalized spacial score (nSPS) is 11.8. The van der Waals surface area contributed by atoms with Gasteiger partial charge in [-0.1, -0.05) is 0 Å². The Balaban J connectivity index is 1.55. The van der Waals surface area contributed by atoms with Crippen molar-refractivity contribution in [1.29, 1.82) is 5.26 Å². The Labute approximate surface area is 130 Å². The standard InChI is InChI=1S/C16H20N4O2/c17-10-14-2-4-16(5-3-14)22-12-15(21)11-18-6-1-8-20-9-7-19-13-20/h2-5,7,9,13,15,18,21H,1,6,8,11-12H2/t15-/m0/s1. The molecule has 0 saturated carbocycles. The van der Waals surface area contributed by atoms with Crippen LogP contribution in [-0.2, 0) is 6.54 Å².